The highest BCUT2D eigenvalue weighted by molar-refractivity contribution is 7.89. The lowest BCUT2D eigenvalue weighted by Crippen LogP contribution is -2.41. The van der Waals surface area contributed by atoms with Crippen LogP contribution in [0.25, 0.3) is 11.4 Å². The minimum absolute atomic E-state index is 0.0576. The van der Waals surface area contributed by atoms with Gasteiger partial charge in [-0.1, -0.05) is 50.4 Å². The standard InChI is InChI=1S/C25H31N3O4S/c1-18(2)19-11-15-23(16-12-19)33(29,30)28(21-7-5-4-6-8-21)17-24-26-25(27-32-24)20-9-13-22(31-3)14-10-20/h9-16,18,21H,4-8,17H2,1-3H3. The molecule has 1 fully saturated rings. The van der Waals surface area contributed by atoms with Gasteiger partial charge in [0.05, 0.1) is 18.6 Å². The molecule has 3 aromatic rings. The van der Waals surface area contributed by atoms with Crippen molar-refractivity contribution in [3.63, 3.8) is 0 Å². The second kappa shape index (κ2) is 10.1. The predicted molar refractivity (Wildman–Crippen MR) is 126 cm³/mol. The highest BCUT2D eigenvalue weighted by Crippen LogP contribution is 2.30. The zero-order valence-corrected chi connectivity index (χ0v) is 20.2. The second-order valence-electron chi connectivity index (χ2n) is 8.81. The summed E-state index contributed by atoms with van der Waals surface area (Å²) >= 11 is 0. The Bertz CT molecular complexity index is 1150. The first kappa shape index (κ1) is 23.4. The fourth-order valence-electron chi connectivity index (χ4n) is 4.25. The Morgan fingerprint density at radius 3 is 2.30 bits per heavy atom. The van der Waals surface area contributed by atoms with Gasteiger partial charge in [0, 0.05) is 11.6 Å². The number of rotatable bonds is 8. The molecule has 0 unspecified atom stereocenters. The van der Waals surface area contributed by atoms with Gasteiger partial charge in [-0.05, 0) is 60.7 Å². The third-order valence-electron chi connectivity index (χ3n) is 6.24. The summed E-state index contributed by atoms with van der Waals surface area (Å²) < 4.78 is 39.6. The summed E-state index contributed by atoms with van der Waals surface area (Å²) in [6.07, 6.45) is 4.84. The van der Waals surface area contributed by atoms with Crippen molar-refractivity contribution in [1.82, 2.24) is 14.4 Å². The van der Waals surface area contributed by atoms with E-state index in [1.165, 1.54) is 0 Å². The zero-order valence-electron chi connectivity index (χ0n) is 19.4. The number of hydrogen-bond acceptors (Lipinski definition) is 6. The molecule has 2 aromatic carbocycles. The highest BCUT2D eigenvalue weighted by Gasteiger charge is 2.34. The van der Waals surface area contributed by atoms with Crippen molar-refractivity contribution in [3.05, 3.63) is 60.0 Å². The number of nitrogens with zero attached hydrogens (tertiary/aromatic N) is 3. The minimum Gasteiger partial charge on any atom is -0.497 e. The van der Waals surface area contributed by atoms with Crippen LogP contribution in [0.1, 0.15) is 63.3 Å². The molecule has 1 heterocycles. The topological polar surface area (TPSA) is 85.5 Å². The van der Waals surface area contributed by atoms with Gasteiger partial charge in [0.25, 0.3) is 0 Å². The molecule has 33 heavy (non-hydrogen) atoms. The Morgan fingerprint density at radius 2 is 1.70 bits per heavy atom. The molecule has 7 nitrogen and oxygen atoms in total. The first-order chi connectivity index (χ1) is 15.9. The first-order valence-electron chi connectivity index (χ1n) is 11.5. The molecule has 4 rings (SSSR count). The Morgan fingerprint density at radius 1 is 1.03 bits per heavy atom. The van der Waals surface area contributed by atoms with Gasteiger partial charge in [-0.3, -0.25) is 0 Å². The van der Waals surface area contributed by atoms with Gasteiger partial charge in [0.15, 0.2) is 0 Å². The van der Waals surface area contributed by atoms with Crippen molar-refractivity contribution >= 4 is 10.0 Å². The van der Waals surface area contributed by atoms with E-state index in [9.17, 15) is 8.42 Å². The molecule has 8 heteroatoms. The number of ether oxygens (including phenoxy) is 1. The van der Waals surface area contributed by atoms with Crippen LogP contribution in [0.2, 0.25) is 0 Å². The quantitative estimate of drug-likeness (QED) is 0.440. The van der Waals surface area contributed by atoms with E-state index in [0.29, 0.717) is 16.6 Å². The molecule has 1 aliphatic rings. The predicted octanol–water partition coefficient (Wildman–Crippen LogP) is 5.39. The Balaban J connectivity index is 1.61. The maximum absolute atomic E-state index is 13.7. The average Bonchev–Trinajstić information content (AvgIpc) is 3.32. The van der Waals surface area contributed by atoms with Gasteiger partial charge in [-0.2, -0.15) is 9.29 Å². The van der Waals surface area contributed by atoms with Crippen LogP contribution < -0.4 is 4.74 Å². The first-order valence-corrected chi connectivity index (χ1v) is 12.9. The fraction of sp³-hybridized carbons (Fsp3) is 0.440. The average molecular weight is 470 g/mol. The third kappa shape index (κ3) is 5.28. The minimum atomic E-state index is -3.72. The molecule has 0 spiro atoms. The highest BCUT2D eigenvalue weighted by atomic mass is 32.2. The van der Waals surface area contributed by atoms with E-state index in [2.05, 4.69) is 24.0 Å². The lowest BCUT2D eigenvalue weighted by Gasteiger charge is -2.32. The van der Waals surface area contributed by atoms with Crippen LogP contribution in [-0.4, -0.2) is 36.0 Å². The number of sulfonamides is 1. The molecule has 1 saturated carbocycles. The summed E-state index contributed by atoms with van der Waals surface area (Å²) in [6, 6.07) is 14.5. The van der Waals surface area contributed by atoms with Crippen molar-refractivity contribution < 1.29 is 17.7 Å². The van der Waals surface area contributed by atoms with Crippen LogP contribution in [-0.2, 0) is 16.6 Å². The molecule has 1 aromatic heterocycles. The van der Waals surface area contributed by atoms with Gasteiger partial charge >= 0.3 is 0 Å². The number of aromatic nitrogens is 2. The number of benzene rings is 2. The van der Waals surface area contributed by atoms with Crippen molar-refractivity contribution in [2.45, 2.75) is 69.4 Å². The van der Waals surface area contributed by atoms with Crippen LogP contribution in [0.5, 0.6) is 5.75 Å². The third-order valence-corrected chi connectivity index (χ3v) is 8.16. The molecule has 0 saturated heterocycles. The maximum Gasteiger partial charge on any atom is 0.243 e. The van der Waals surface area contributed by atoms with Gasteiger partial charge in [0.2, 0.25) is 21.7 Å². The molecule has 0 N–H and O–H groups in total. The van der Waals surface area contributed by atoms with Crippen molar-refractivity contribution in [3.8, 4) is 17.1 Å². The van der Waals surface area contributed by atoms with Crippen molar-refractivity contribution in [1.29, 1.82) is 0 Å². The van der Waals surface area contributed by atoms with Crippen molar-refractivity contribution in [2.24, 2.45) is 0 Å². The van der Waals surface area contributed by atoms with Crippen LogP contribution in [0, 0.1) is 0 Å². The Labute approximate surface area is 195 Å². The summed E-state index contributed by atoms with van der Waals surface area (Å²) in [7, 11) is -2.11. The lowest BCUT2D eigenvalue weighted by atomic mass is 9.95. The van der Waals surface area contributed by atoms with Gasteiger partial charge in [-0.25, -0.2) is 8.42 Å². The lowest BCUT2D eigenvalue weighted by molar-refractivity contribution is 0.223. The summed E-state index contributed by atoms with van der Waals surface area (Å²) in [5.41, 5.74) is 1.89. The van der Waals surface area contributed by atoms with E-state index in [0.717, 1.165) is 49.0 Å². The maximum atomic E-state index is 13.7. The monoisotopic (exact) mass is 469 g/mol. The van der Waals surface area contributed by atoms with Crippen LogP contribution in [0.15, 0.2) is 57.9 Å². The molecule has 1 aliphatic carbocycles. The molecular formula is C25H31N3O4S. The molecule has 0 radical (unpaired) electrons. The Hall–Kier alpha value is -2.71. The van der Waals surface area contributed by atoms with E-state index >= 15 is 0 Å². The van der Waals surface area contributed by atoms with E-state index in [1.54, 1.807) is 23.5 Å². The van der Waals surface area contributed by atoms with Crippen LogP contribution in [0.4, 0.5) is 0 Å². The van der Waals surface area contributed by atoms with Gasteiger partial charge in [0.1, 0.15) is 5.75 Å². The summed E-state index contributed by atoms with van der Waals surface area (Å²) in [6.45, 7) is 4.24. The Kier molecular flexibility index (Phi) is 7.14. The largest absolute Gasteiger partial charge is 0.497 e. The summed E-state index contributed by atoms with van der Waals surface area (Å²) in [5, 5.41) is 4.08. The van der Waals surface area contributed by atoms with Crippen molar-refractivity contribution in [2.75, 3.05) is 7.11 Å². The normalized spacial score (nSPS) is 15.3. The summed E-state index contributed by atoms with van der Waals surface area (Å²) in [5.74, 6) is 1.79. The number of methoxy groups -OCH3 is 1. The zero-order chi connectivity index (χ0) is 23.4. The molecule has 0 amide bonds. The van der Waals surface area contributed by atoms with Crippen LogP contribution in [0.3, 0.4) is 0 Å². The van der Waals surface area contributed by atoms with Gasteiger partial charge < -0.3 is 9.26 Å². The molecule has 176 valence electrons. The molecule has 0 aliphatic heterocycles. The van der Waals surface area contributed by atoms with E-state index in [-0.39, 0.29) is 18.5 Å². The van der Waals surface area contributed by atoms with E-state index in [4.69, 9.17) is 9.26 Å². The molecule has 0 atom stereocenters. The molecular weight excluding hydrogens is 438 g/mol. The summed E-state index contributed by atoms with van der Waals surface area (Å²) in [4.78, 5) is 4.79. The van der Waals surface area contributed by atoms with E-state index < -0.39 is 10.0 Å². The fourth-order valence-corrected chi connectivity index (χ4v) is 5.88. The van der Waals surface area contributed by atoms with Gasteiger partial charge in [-0.15, -0.1) is 0 Å². The van der Waals surface area contributed by atoms with E-state index in [1.807, 2.05) is 36.4 Å². The van der Waals surface area contributed by atoms with Crippen LogP contribution >= 0.6 is 0 Å². The molecule has 0 bridgehead atoms. The SMILES string of the molecule is COc1ccc(-c2noc(CN(C3CCCCC3)S(=O)(=O)c3ccc(C(C)C)cc3)n2)cc1. The number of hydrogen-bond donors (Lipinski definition) is 0. The second-order valence-corrected chi connectivity index (χ2v) is 10.7. The smallest absolute Gasteiger partial charge is 0.243 e.